The lowest BCUT2D eigenvalue weighted by Gasteiger charge is -2.04. The summed E-state index contributed by atoms with van der Waals surface area (Å²) in [6, 6.07) is 1.23. The fourth-order valence-corrected chi connectivity index (χ4v) is 1.33. The van der Waals surface area contributed by atoms with E-state index < -0.39 is 0 Å². The molecule has 0 aliphatic heterocycles. The fourth-order valence-electron chi connectivity index (χ4n) is 1.33. The molecule has 0 N–H and O–H groups in total. The van der Waals surface area contributed by atoms with Gasteiger partial charge in [-0.2, -0.15) is 0 Å². The van der Waals surface area contributed by atoms with Crippen molar-refractivity contribution in [3.8, 4) is 0 Å². The predicted molar refractivity (Wildman–Crippen MR) is 54.6 cm³/mol. The molecule has 2 atom stereocenters. The third-order valence-electron chi connectivity index (χ3n) is 2.88. The molecule has 2 nitrogen and oxygen atoms in total. The van der Waals surface area contributed by atoms with Gasteiger partial charge in [0.2, 0.25) is 6.33 Å². The Morgan fingerprint density at radius 1 is 1.21 bits per heavy atom. The third-order valence-corrected chi connectivity index (χ3v) is 2.88. The molecule has 0 radical (unpaired) electrons. The van der Waals surface area contributed by atoms with Gasteiger partial charge in [0.15, 0.2) is 0 Å². The first-order valence-corrected chi connectivity index (χ1v) is 5.27. The molecular weight excluding hydrogens is 196 g/mol. The van der Waals surface area contributed by atoms with Gasteiger partial charge in [-0.1, -0.05) is 13.8 Å². The zero-order valence-corrected chi connectivity index (χ0v) is 10.3. The predicted octanol–water partition coefficient (Wildman–Crippen LogP) is -0.278. The Labute approximate surface area is 93.4 Å². The SMILES string of the molecule is CCC(C)n1cc[n+](C(C)CC)c1.[Cl-]. The maximum atomic E-state index is 2.28. The monoisotopic (exact) mass is 216 g/mol. The number of nitrogens with zero attached hydrogens (tertiary/aromatic N) is 2. The van der Waals surface area contributed by atoms with E-state index in [1.807, 2.05) is 0 Å². The fraction of sp³-hybridized carbons (Fsp3) is 0.727. The smallest absolute Gasteiger partial charge is 0.244 e. The van der Waals surface area contributed by atoms with Gasteiger partial charge in [0.1, 0.15) is 12.4 Å². The van der Waals surface area contributed by atoms with Crippen molar-refractivity contribution in [3.63, 3.8) is 0 Å². The van der Waals surface area contributed by atoms with E-state index in [1.165, 1.54) is 12.8 Å². The molecule has 0 saturated carbocycles. The molecule has 1 aromatic heterocycles. The summed E-state index contributed by atoms with van der Waals surface area (Å²) >= 11 is 0. The lowest BCUT2D eigenvalue weighted by molar-refractivity contribution is -0.719. The molecular formula is C11H21ClN2. The normalized spacial score (nSPS) is 14.6. The first kappa shape index (κ1) is 13.5. The van der Waals surface area contributed by atoms with Crippen LogP contribution in [0.15, 0.2) is 18.7 Å². The van der Waals surface area contributed by atoms with Gasteiger partial charge < -0.3 is 12.4 Å². The summed E-state index contributed by atoms with van der Waals surface area (Å²) in [5, 5.41) is 0. The quantitative estimate of drug-likeness (QED) is 0.613. The summed E-state index contributed by atoms with van der Waals surface area (Å²) in [5.41, 5.74) is 0. The van der Waals surface area contributed by atoms with Crippen LogP contribution in [0.2, 0.25) is 0 Å². The van der Waals surface area contributed by atoms with E-state index >= 15 is 0 Å². The van der Waals surface area contributed by atoms with E-state index in [0.717, 1.165) is 0 Å². The maximum absolute atomic E-state index is 2.28. The van der Waals surface area contributed by atoms with Crippen LogP contribution in [0.25, 0.3) is 0 Å². The highest BCUT2D eigenvalue weighted by molar-refractivity contribution is 4.72. The van der Waals surface area contributed by atoms with E-state index in [-0.39, 0.29) is 12.4 Å². The minimum Gasteiger partial charge on any atom is -1.00 e. The second-order valence-electron chi connectivity index (χ2n) is 3.82. The van der Waals surface area contributed by atoms with Crippen molar-refractivity contribution >= 4 is 0 Å². The van der Waals surface area contributed by atoms with Crippen molar-refractivity contribution in [2.45, 2.75) is 52.6 Å². The van der Waals surface area contributed by atoms with Crippen LogP contribution in [-0.4, -0.2) is 4.57 Å². The number of halogens is 1. The van der Waals surface area contributed by atoms with Crippen molar-refractivity contribution in [3.05, 3.63) is 18.7 Å². The molecule has 82 valence electrons. The van der Waals surface area contributed by atoms with Gasteiger partial charge in [0.25, 0.3) is 0 Å². The van der Waals surface area contributed by atoms with Crippen LogP contribution in [0.3, 0.4) is 0 Å². The number of imidazole rings is 1. The molecule has 1 aromatic rings. The van der Waals surface area contributed by atoms with Gasteiger partial charge in [-0.05, 0) is 26.7 Å². The Bertz CT molecular complexity index is 233. The van der Waals surface area contributed by atoms with Gasteiger partial charge >= 0.3 is 0 Å². The van der Waals surface area contributed by atoms with Crippen LogP contribution in [-0.2, 0) is 0 Å². The topological polar surface area (TPSA) is 8.81 Å². The molecule has 0 spiro atoms. The third kappa shape index (κ3) is 3.02. The molecule has 0 saturated heterocycles. The average Bonchev–Trinajstić information content (AvgIpc) is 2.64. The summed E-state index contributed by atoms with van der Waals surface area (Å²) in [6.45, 7) is 8.94. The lowest BCUT2D eigenvalue weighted by Crippen LogP contribution is -3.00. The van der Waals surface area contributed by atoms with E-state index in [0.29, 0.717) is 12.1 Å². The Hall–Kier alpha value is -0.500. The Morgan fingerprint density at radius 3 is 2.36 bits per heavy atom. The minimum atomic E-state index is 0. The van der Waals surface area contributed by atoms with Gasteiger partial charge in [-0.15, -0.1) is 0 Å². The van der Waals surface area contributed by atoms with Crippen molar-refractivity contribution in [2.24, 2.45) is 0 Å². The second-order valence-corrected chi connectivity index (χ2v) is 3.82. The zero-order chi connectivity index (χ0) is 9.84. The summed E-state index contributed by atoms with van der Waals surface area (Å²) < 4.78 is 4.57. The molecule has 0 aromatic carbocycles. The van der Waals surface area contributed by atoms with Crippen LogP contribution in [0.1, 0.15) is 52.6 Å². The highest BCUT2D eigenvalue weighted by atomic mass is 35.5. The summed E-state index contributed by atoms with van der Waals surface area (Å²) in [7, 11) is 0. The summed E-state index contributed by atoms with van der Waals surface area (Å²) in [5.74, 6) is 0. The van der Waals surface area contributed by atoms with Crippen LogP contribution < -0.4 is 17.0 Å². The number of aromatic nitrogens is 2. The zero-order valence-electron chi connectivity index (χ0n) is 9.57. The lowest BCUT2D eigenvalue weighted by atomic mass is 10.2. The number of hydrogen-bond acceptors (Lipinski definition) is 0. The van der Waals surface area contributed by atoms with Crippen LogP contribution in [0.4, 0.5) is 0 Å². The van der Waals surface area contributed by atoms with Gasteiger partial charge in [0.05, 0.1) is 12.1 Å². The van der Waals surface area contributed by atoms with Crippen molar-refractivity contribution in [2.75, 3.05) is 0 Å². The van der Waals surface area contributed by atoms with Gasteiger partial charge in [-0.3, -0.25) is 0 Å². The van der Waals surface area contributed by atoms with E-state index in [1.54, 1.807) is 0 Å². The van der Waals surface area contributed by atoms with E-state index in [4.69, 9.17) is 0 Å². The minimum absolute atomic E-state index is 0. The average molecular weight is 217 g/mol. The van der Waals surface area contributed by atoms with Crippen molar-refractivity contribution in [1.82, 2.24) is 4.57 Å². The Morgan fingerprint density at radius 2 is 1.86 bits per heavy atom. The summed E-state index contributed by atoms with van der Waals surface area (Å²) in [4.78, 5) is 0. The molecule has 2 unspecified atom stereocenters. The molecule has 1 rings (SSSR count). The largest absolute Gasteiger partial charge is 1.00 e. The van der Waals surface area contributed by atoms with Crippen LogP contribution >= 0.6 is 0 Å². The van der Waals surface area contributed by atoms with Crippen molar-refractivity contribution in [1.29, 1.82) is 0 Å². The van der Waals surface area contributed by atoms with E-state index in [2.05, 4.69) is 55.6 Å². The van der Waals surface area contributed by atoms with Crippen LogP contribution in [0, 0.1) is 0 Å². The number of rotatable bonds is 4. The maximum Gasteiger partial charge on any atom is 0.244 e. The molecule has 0 aliphatic carbocycles. The molecule has 14 heavy (non-hydrogen) atoms. The molecule has 1 heterocycles. The molecule has 0 fully saturated rings. The second kappa shape index (κ2) is 6.07. The first-order chi connectivity index (χ1) is 6.19. The highest BCUT2D eigenvalue weighted by Gasteiger charge is 2.12. The summed E-state index contributed by atoms with van der Waals surface area (Å²) in [6.07, 6.45) is 8.92. The first-order valence-electron chi connectivity index (χ1n) is 5.27. The van der Waals surface area contributed by atoms with Crippen LogP contribution in [0.5, 0.6) is 0 Å². The molecule has 0 aliphatic rings. The molecule has 0 bridgehead atoms. The van der Waals surface area contributed by atoms with Crippen molar-refractivity contribution < 1.29 is 17.0 Å². The standard InChI is InChI=1S/C11H21N2.ClH/c1-5-10(3)12-7-8-13(9-12)11(4)6-2;/h7-11H,5-6H2,1-4H3;1H/q+1;/p-1. The Balaban J connectivity index is 0.00000169. The Kier molecular flexibility index (Phi) is 5.86. The van der Waals surface area contributed by atoms with Gasteiger partial charge in [-0.25, -0.2) is 9.13 Å². The van der Waals surface area contributed by atoms with E-state index in [9.17, 15) is 0 Å². The molecule has 3 heteroatoms. The number of hydrogen-bond donors (Lipinski definition) is 0. The molecule has 0 amide bonds. The highest BCUT2D eigenvalue weighted by Crippen LogP contribution is 2.08. The van der Waals surface area contributed by atoms with Gasteiger partial charge in [0, 0.05) is 0 Å².